The first-order chi connectivity index (χ1) is 11.7. The second-order valence-electron chi connectivity index (χ2n) is 6.26. The molecule has 24 heavy (non-hydrogen) atoms. The molecular weight excluding hydrogens is 309 g/mol. The Labute approximate surface area is 139 Å². The first kappa shape index (κ1) is 15.0. The van der Waals surface area contributed by atoms with Gasteiger partial charge in [-0.2, -0.15) is 0 Å². The minimum atomic E-state index is -0.568. The van der Waals surface area contributed by atoms with Gasteiger partial charge in [-0.15, -0.1) is 0 Å². The van der Waals surface area contributed by atoms with E-state index in [1.165, 1.54) is 12.1 Å². The maximum Gasteiger partial charge on any atom is 0.235 e. The first-order valence-electron chi connectivity index (χ1n) is 8.15. The molecule has 2 aliphatic rings. The van der Waals surface area contributed by atoms with Gasteiger partial charge in [0.25, 0.3) is 0 Å². The van der Waals surface area contributed by atoms with Gasteiger partial charge in [-0.25, -0.2) is 4.39 Å². The summed E-state index contributed by atoms with van der Waals surface area (Å²) < 4.78 is 24.2. The number of carbonyl (C=O) groups is 1. The predicted molar refractivity (Wildman–Crippen MR) is 88.0 cm³/mol. The van der Waals surface area contributed by atoms with Gasteiger partial charge in [-0.1, -0.05) is 18.6 Å². The number of nitrogens with one attached hydrogen (secondary N) is 1. The number of anilines is 1. The van der Waals surface area contributed by atoms with E-state index in [2.05, 4.69) is 5.32 Å². The molecule has 2 aromatic rings. The number of hydrogen-bond acceptors (Lipinski definition) is 3. The molecule has 0 bridgehead atoms. The van der Waals surface area contributed by atoms with Crippen molar-refractivity contribution < 1.29 is 18.7 Å². The van der Waals surface area contributed by atoms with E-state index in [1.807, 2.05) is 6.07 Å². The van der Waals surface area contributed by atoms with Crippen molar-refractivity contribution in [2.75, 3.05) is 18.5 Å². The lowest BCUT2D eigenvalue weighted by Crippen LogP contribution is -2.46. The van der Waals surface area contributed by atoms with E-state index < -0.39 is 5.41 Å². The molecule has 0 unspecified atom stereocenters. The Morgan fingerprint density at radius 3 is 2.38 bits per heavy atom. The number of fused-ring (bicyclic) bond motifs is 1. The molecule has 1 amide bonds. The van der Waals surface area contributed by atoms with Crippen molar-refractivity contribution in [3.8, 4) is 11.5 Å². The molecule has 1 aliphatic carbocycles. The summed E-state index contributed by atoms with van der Waals surface area (Å²) in [7, 11) is 0. The van der Waals surface area contributed by atoms with Gasteiger partial charge in [-0.05, 0) is 42.7 Å². The Kier molecular flexibility index (Phi) is 3.63. The molecule has 0 atom stereocenters. The summed E-state index contributed by atoms with van der Waals surface area (Å²) in [6.07, 6.45) is 2.54. The van der Waals surface area contributed by atoms with Gasteiger partial charge < -0.3 is 14.8 Å². The lowest BCUT2D eigenvalue weighted by Gasteiger charge is -2.40. The molecule has 1 aliphatic heterocycles. The van der Waals surface area contributed by atoms with Gasteiger partial charge in [0.2, 0.25) is 5.91 Å². The van der Waals surface area contributed by atoms with Gasteiger partial charge in [0.1, 0.15) is 19.0 Å². The minimum absolute atomic E-state index is 0.0583. The molecule has 0 aromatic heterocycles. The SMILES string of the molecule is O=C(Nc1ccc2c(c1)OCCO2)C1(c2ccc(F)cc2)CCC1. The zero-order valence-electron chi connectivity index (χ0n) is 13.2. The van der Waals surface area contributed by atoms with Crippen LogP contribution in [0.25, 0.3) is 0 Å². The van der Waals surface area contributed by atoms with Crippen molar-refractivity contribution in [2.24, 2.45) is 0 Å². The normalized spacial score (nSPS) is 17.7. The fourth-order valence-electron chi connectivity index (χ4n) is 3.32. The number of benzene rings is 2. The predicted octanol–water partition coefficient (Wildman–Crippen LogP) is 3.66. The van der Waals surface area contributed by atoms with Gasteiger partial charge in [0, 0.05) is 11.8 Å². The van der Waals surface area contributed by atoms with Crippen molar-refractivity contribution in [3.63, 3.8) is 0 Å². The van der Waals surface area contributed by atoms with E-state index in [4.69, 9.17) is 9.47 Å². The third-order valence-electron chi connectivity index (χ3n) is 4.84. The molecule has 2 aromatic carbocycles. The fourth-order valence-corrected chi connectivity index (χ4v) is 3.32. The van der Waals surface area contributed by atoms with Crippen LogP contribution < -0.4 is 14.8 Å². The molecule has 1 N–H and O–H groups in total. The zero-order valence-corrected chi connectivity index (χ0v) is 13.2. The summed E-state index contributed by atoms with van der Waals surface area (Å²) in [6.45, 7) is 1.04. The van der Waals surface area contributed by atoms with Gasteiger partial charge in [0.15, 0.2) is 11.5 Å². The molecular formula is C19H18FNO3. The molecule has 4 rings (SSSR count). The quantitative estimate of drug-likeness (QED) is 0.936. The number of carbonyl (C=O) groups excluding carboxylic acids is 1. The van der Waals surface area contributed by atoms with Crippen molar-refractivity contribution in [1.29, 1.82) is 0 Å². The van der Waals surface area contributed by atoms with Crippen molar-refractivity contribution in [2.45, 2.75) is 24.7 Å². The minimum Gasteiger partial charge on any atom is -0.486 e. The van der Waals surface area contributed by atoms with Crippen molar-refractivity contribution in [1.82, 2.24) is 0 Å². The van der Waals surface area contributed by atoms with Gasteiger partial charge in [0.05, 0.1) is 5.41 Å². The van der Waals surface area contributed by atoms with Crippen LogP contribution >= 0.6 is 0 Å². The number of amides is 1. The van der Waals surface area contributed by atoms with Crippen LogP contribution in [0.1, 0.15) is 24.8 Å². The lowest BCUT2D eigenvalue weighted by atomic mass is 9.64. The van der Waals surface area contributed by atoms with Crippen LogP contribution in [0.5, 0.6) is 11.5 Å². The second kappa shape index (κ2) is 5.82. The monoisotopic (exact) mass is 327 g/mol. The Balaban J connectivity index is 1.57. The van der Waals surface area contributed by atoms with Crippen LogP contribution in [-0.2, 0) is 10.2 Å². The number of rotatable bonds is 3. The Morgan fingerprint density at radius 2 is 1.71 bits per heavy atom. The summed E-state index contributed by atoms with van der Waals surface area (Å²) in [5.41, 5.74) is 0.976. The summed E-state index contributed by atoms with van der Waals surface area (Å²) in [4.78, 5) is 12.9. The molecule has 1 heterocycles. The Hall–Kier alpha value is -2.56. The summed E-state index contributed by atoms with van der Waals surface area (Å²) in [5.74, 6) is 0.983. The number of ether oxygens (including phenoxy) is 2. The summed E-state index contributed by atoms with van der Waals surface area (Å²) in [5, 5.41) is 2.98. The van der Waals surface area contributed by atoms with E-state index in [0.29, 0.717) is 30.4 Å². The van der Waals surface area contributed by atoms with Crippen LogP contribution in [0.3, 0.4) is 0 Å². The van der Waals surface area contributed by atoms with Gasteiger partial charge in [-0.3, -0.25) is 4.79 Å². The standard InChI is InChI=1S/C19H18FNO3/c20-14-4-2-13(3-5-14)19(8-1-9-19)18(22)21-15-6-7-16-17(12-15)24-11-10-23-16/h2-7,12H,1,8-11H2,(H,21,22). The maximum absolute atomic E-state index is 13.2. The first-order valence-corrected chi connectivity index (χ1v) is 8.15. The van der Waals surface area contributed by atoms with Crippen LogP contribution in [0, 0.1) is 5.82 Å². The van der Waals surface area contributed by atoms with E-state index in [9.17, 15) is 9.18 Å². The molecule has 0 saturated heterocycles. The molecule has 4 nitrogen and oxygen atoms in total. The van der Waals surface area contributed by atoms with E-state index in [1.54, 1.807) is 24.3 Å². The fraction of sp³-hybridized carbons (Fsp3) is 0.316. The largest absolute Gasteiger partial charge is 0.486 e. The van der Waals surface area contributed by atoms with Crippen LogP contribution in [0.15, 0.2) is 42.5 Å². The van der Waals surface area contributed by atoms with Crippen molar-refractivity contribution in [3.05, 3.63) is 53.8 Å². The Bertz CT molecular complexity index is 769. The molecule has 0 spiro atoms. The summed E-state index contributed by atoms with van der Waals surface area (Å²) in [6, 6.07) is 11.6. The maximum atomic E-state index is 13.2. The molecule has 1 saturated carbocycles. The van der Waals surface area contributed by atoms with Gasteiger partial charge >= 0.3 is 0 Å². The average molecular weight is 327 g/mol. The second-order valence-corrected chi connectivity index (χ2v) is 6.26. The highest BCUT2D eigenvalue weighted by Gasteiger charge is 2.45. The lowest BCUT2D eigenvalue weighted by molar-refractivity contribution is -0.124. The van der Waals surface area contributed by atoms with E-state index in [0.717, 1.165) is 24.8 Å². The van der Waals surface area contributed by atoms with E-state index >= 15 is 0 Å². The number of halogens is 1. The van der Waals surface area contributed by atoms with Crippen LogP contribution in [0.4, 0.5) is 10.1 Å². The van der Waals surface area contributed by atoms with E-state index in [-0.39, 0.29) is 11.7 Å². The highest BCUT2D eigenvalue weighted by molar-refractivity contribution is 6.00. The molecule has 5 heteroatoms. The smallest absolute Gasteiger partial charge is 0.235 e. The third kappa shape index (κ3) is 2.50. The topological polar surface area (TPSA) is 47.6 Å². The molecule has 0 radical (unpaired) electrons. The zero-order chi connectivity index (χ0) is 16.6. The third-order valence-corrected chi connectivity index (χ3v) is 4.84. The van der Waals surface area contributed by atoms with Crippen molar-refractivity contribution >= 4 is 11.6 Å². The Morgan fingerprint density at radius 1 is 1.00 bits per heavy atom. The highest BCUT2D eigenvalue weighted by Crippen LogP contribution is 2.45. The molecule has 1 fully saturated rings. The molecule has 124 valence electrons. The summed E-state index contributed by atoms with van der Waals surface area (Å²) >= 11 is 0. The average Bonchev–Trinajstić information content (AvgIpc) is 2.55. The van der Waals surface area contributed by atoms with Crippen LogP contribution in [0.2, 0.25) is 0 Å². The van der Waals surface area contributed by atoms with Crippen LogP contribution in [-0.4, -0.2) is 19.1 Å². The number of hydrogen-bond donors (Lipinski definition) is 1. The highest BCUT2D eigenvalue weighted by atomic mass is 19.1.